The van der Waals surface area contributed by atoms with Gasteiger partial charge in [-0.05, 0) is 24.6 Å². The summed E-state index contributed by atoms with van der Waals surface area (Å²) in [5, 5.41) is 4.55. The lowest BCUT2D eigenvalue weighted by molar-refractivity contribution is -0.146. The molecule has 0 saturated carbocycles. The smallest absolute Gasteiger partial charge is 0.418 e. The van der Waals surface area contributed by atoms with Gasteiger partial charge < -0.3 is 15.4 Å². The predicted octanol–water partition coefficient (Wildman–Crippen LogP) is 2.74. The van der Waals surface area contributed by atoms with E-state index in [1.165, 1.54) is 6.92 Å². The van der Waals surface area contributed by atoms with E-state index in [9.17, 15) is 27.6 Å². The topological polar surface area (TPSA) is 84.5 Å². The number of hydrogen-bond donors (Lipinski definition) is 2. The third-order valence-corrected chi connectivity index (χ3v) is 3.18. The van der Waals surface area contributed by atoms with Crippen LogP contribution in [0.5, 0.6) is 0 Å². The van der Waals surface area contributed by atoms with Crippen LogP contribution in [0.15, 0.2) is 18.2 Å². The van der Waals surface area contributed by atoms with E-state index in [-0.39, 0.29) is 12.1 Å². The Morgan fingerprint density at radius 3 is 2.32 bits per heavy atom. The number of carbonyl (C=O) groups is 3. The van der Waals surface area contributed by atoms with Crippen LogP contribution >= 0.6 is 0 Å². The third-order valence-electron chi connectivity index (χ3n) is 3.18. The highest BCUT2D eigenvalue weighted by molar-refractivity contribution is 5.97. The van der Waals surface area contributed by atoms with Crippen LogP contribution in [0.25, 0.3) is 0 Å². The first kappa shape index (κ1) is 20.5. The van der Waals surface area contributed by atoms with Crippen LogP contribution < -0.4 is 10.6 Å². The van der Waals surface area contributed by atoms with Gasteiger partial charge in [-0.25, -0.2) is 0 Å². The Hall–Kier alpha value is -2.58. The van der Waals surface area contributed by atoms with Gasteiger partial charge in [0.1, 0.15) is 6.10 Å². The van der Waals surface area contributed by atoms with Crippen LogP contribution in [0.1, 0.15) is 43.1 Å². The summed E-state index contributed by atoms with van der Waals surface area (Å²) >= 11 is 0. The van der Waals surface area contributed by atoms with Gasteiger partial charge in [0.25, 0.3) is 5.91 Å². The van der Waals surface area contributed by atoms with Gasteiger partial charge >= 0.3 is 12.1 Å². The molecule has 1 rings (SSSR count). The van der Waals surface area contributed by atoms with Crippen LogP contribution in [-0.2, 0) is 20.5 Å². The Morgan fingerprint density at radius 2 is 1.84 bits per heavy atom. The molecule has 1 unspecified atom stereocenters. The number of nitrogens with one attached hydrogen (secondary N) is 2. The number of anilines is 1. The average molecular weight is 360 g/mol. The first-order valence-electron chi connectivity index (χ1n) is 7.48. The van der Waals surface area contributed by atoms with Crippen molar-refractivity contribution in [2.75, 3.05) is 11.9 Å². The van der Waals surface area contributed by atoms with Gasteiger partial charge in [-0.3, -0.25) is 14.4 Å². The number of alkyl halides is 3. The Morgan fingerprint density at radius 1 is 1.20 bits per heavy atom. The van der Waals surface area contributed by atoms with E-state index in [0.717, 1.165) is 25.1 Å². The molecule has 0 radical (unpaired) electrons. The summed E-state index contributed by atoms with van der Waals surface area (Å²) in [6, 6.07) is 2.69. The van der Waals surface area contributed by atoms with Gasteiger partial charge in [-0.1, -0.05) is 6.92 Å². The van der Waals surface area contributed by atoms with Crippen LogP contribution in [0.4, 0.5) is 18.9 Å². The SMILES string of the molecule is CCC(CNC(=O)c1ccc(C(F)(F)F)c(NC(C)=O)c1)OC(C)=O. The van der Waals surface area contributed by atoms with Gasteiger partial charge in [0.05, 0.1) is 17.8 Å². The van der Waals surface area contributed by atoms with E-state index in [0.29, 0.717) is 6.42 Å². The van der Waals surface area contributed by atoms with Crippen molar-refractivity contribution in [3.63, 3.8) is 0 Å². The largest absolute Gasteiger partial charge is 0.461 e. The molecular formula is C16H19F3N2O4. The molecule has 0 fully saturated rings. The normalized spacial score (nSPS) is 12.2. The minimum atomic E-state index is -4.67. The van der Waals surface area contributed by atoms with Crippen LogP contribution in [0.2, 0.25) is 0 Å². The molecule has 1 atom stereocenters. The fraction of sp³-hybridized carbons (Fsp3) is 0.438. The molecule has 0 heterocycles. The second-order valence-electron chi connectivity index (χ2n) is 5.29. The highest BCUT2D eigenvalue weighted by Gasteiger charge is 2.34. The van der Waals surface area contributed by atoms with Gasteiger partial charge in [-0.2, -0.15) is 13.2 Å². The van der Waals surface area contributed by atoms with Crippen LogP contribution in [-0.4, -0.2) is 30.4 Å². The van der Waals surface area contributed by atoms with Gasteiger partial charge in [0.2, 0.25) is 5.91 Å². The van der Waals surface area contributed by atoms with E-state index in [4.69, 9.17) is 4.74 Å². The summed E-state index contributed by atoms with van der Waals surface area (Å²) in [6.07, 6.45) is -4.75. The lowest BCUT2D eigenvalue weighted by Gasteiger charge is -2.17. The van der Waals surface area contributed by atoms with E-state index in [1.807, 2.05) is 0 Å². The Kier molecular flexibility index (Phi) is 6.96. The zero-order chi connectivity index (χ0) is 19.2. The van der Waals surface area contributed by atoms with Crippen LogP contribution in [0, 0.1) is 0 Å². The Bertz CT molecular complexity index is 659. The number of amides is 2. The van der Waals surface area contributed by atoms with Gasteiger partial charge in [-0.15, -0.1) is 0 Å². The molecule has 9 heteroatoms. The van der Waals surface area contributed by atoms with E-state index < -0.39 is 41.3 Å². The monoisotopic (exact) mass is 360 g/mol. The van der Waals surface area contributed by atoms with Crippen molar-refractivity contribution >= 4 is 23.5 Å². The molecule has 1 aromatic carbocycles. The number of ether oxygens (including phenoxy) is 1. The zero-order valence-corrected chi connectivity index (χ0v) is 14.0. The number of hydrogen-bond acceptors (Lipinski definition) is 4. The zero-order valence-electron chi connectivity index (χ0n) is 14.0. The van der Waals surface area contributed by atoms with Crippen molar-refractivity contribution in [1.29, 1.82) is 0 Å². The third kappa shape index (κ3) is 6.44. The fourth-order valence-electron chi connectivity index (χ4n) is 2.04. The summed E-state index contributed by atoms with van der Waals surface area (Å²) in [5.41, 5.74) is -1.61. The van der Waals surface area contributed by atoms with Crippen molar-refractivity contribution in [2.24, 2.45) is 0 Å². The molecule has 25 heavy (non-hydrogen) atoms. The first-order chi connectivity index (χ1) is 11.5. The van der Waals surface area contributed by atoms with Crippen molar-refractivity contribution in [2.45, 2.75) is 39.5 Å². The molecule has 138 valence electrons. The van der Waals surface area contributed by atoms with Crippen molar-refractivity contribution in [3.8, 4) is 0 Å². The molecule has 0 saturated heterocycles. The molecule has 0 spiro atoms. The molecule has 0 aliphatic rings. The lowest BCUT2D eigenvalue weighted by atomic mass is 10.1. The summed E-state index contributed by atoms with van der Waals surface area (Å²) in [5.74, 6) is -1.83. The standard InChI is InChI=1S/C16H19F3N2O4/c1-4-12(25-10(3)23)8-20-15(24)11-5-6-13(16(17,18)19)14(7-11)21-9(2)22/h5-7,12H,4,8H2,1-3H3,(H,20,24)(H,21,22). The second kappa shape index (κ2) is 8.50. The highest BCUT2D eigenvalue weighted by atomic mass is 19.4. The van der Waals surface area contributed by atoms with E-state index >= 15 is 0 Å². The maximum Gasteiger partial charge on any atom is 0.418 e. The molecule has 6 nitrogen and oxygen atoms in total. The Labute approximate surface area is 142 Å². The summed E-state index contributed by atoms with van der Waals surface area (Å²) in [6.45, 7) is 4.08. The fourth-order valence-corrected chi connectivity index (χ4v) is 2.04. The van der Waals surface area contributed by atoms with Gasteiger partial charge in [0, 0.05) is 19.4 Å². The lowest BCUT2D eigenvalue weighted by Crippen LogP contribution is -2.34. The number of halogens is 3. The van der Waals surface area contributed by atoms with Crippen molar-refractivity contribution in [3.05, 3.63) is 29.3 Å². The maximum atomic E-state index is 13.0. The average Bonchev–Trinajstić information content (AvgIpc) is 2.48. The Balaban J connectivity index is 2.95. The summed E-state index contributed by atoms with van der Waals surface area (Å²) in [7, 11) is 0. The molecule has 0 bridgehead atoms. The number of carbonyl (C=O) groups excluding carboxylic acids is 3. The number of esters is 1. The van der Waals surface area contributed by atoms with Crippen molar-refractivity contribution in [1.82, 2.24) is 5.32 Å². The molecule has 2 amide bonds. The predicted molar refractivity (Wildman–Crippen MR) is 83.9 cm³/mol. The second-order valence-corrected chi connectivity index (χ2v) is 5.29. The van der Waals surface area contributed by atoms with E-state index in [1.54, 1.807) is 6.92 Å². The molecule has 0 aliphatic carbocycles. The van der Waals surface area contributed by atoms with Crippen LogP contribution in [0.3, 0.4) is 0 Å². The summed E-state index contributed by atoms with van der Waals surface area (Å²) in [4.78, 5) is 34.1. The molecule has 1 aromatic rings. The number of rotatable bonds is 6. The molecular weight excluding hydrogens is 341 g/mol. The number of benzene rings is 1. The first-order valence-corrected chi connectivity index (χ1v) is 7.48. The summed E-state index contributed by atoms with van der Waals surface area (Å²) < 4.78 is 43.8. The molecule has 0 aromatic heterocycles. The minimum absolute atomic E-state index is 0.0193. The van der Waals surface area contributed by atoms with Crippen molar-refractivity contribution < 1.29 is 32.3 Å². The molecule has 2 N–H and O–H groups in total. The highest BCUT2D eigenvalue weighted by Crippen LogP contribution is 2.35. The van der Waals surface area contributed by atoms with Gasteiger partial charge in [0.15, 0.2) is 0 Å². The van der Waals surface area contributed by atoms with E-state index in [2.05, 4.69) is 10.6 Å². The minimum Gasteiger partial charge on any atom is -0.461 e. The maximum absolute atomic E-state index is 13.0. The molecule has 0 aliphatic heterocycles. The quantitative estimate of drug-likeness (QED) is 0.764.